The summed E-state index contributed by atoms with van der Waals surface area (Å²) in [5.74, 6) is 0. The Morgan fingerprint density at radius 2 is 0.984 bits per heavy atom. The summed E-state index contributed by atoms with van der Waals surface area (Å²) in [5, 5.41) is 5.09. The molecule has 0 N–H and O–H groups in total. The standard InChI is InChI=1S/C61H40N2S/c1-4-19-42(20-5-1)61(43-21-6-2-7-22-43)53-30-14-10-26-47(53)48-37-36-45(40-54(48)61)62(44-23-8-3-9-24-44)55-31-15-11-25-46(55)41-35-38-57-52(39-41)49-27-12-16-32-56(49)63(57)58-33-18-29-51-50-28-13-17-34-59(50)64-60(51)58/h1-40H. The van der Waals surface area contributed by atoms with Gasteiger partial charge in [0, 0.05) is 43.2 Å². The molecule has 0 radical (unpaired) electrons. The Morgan fingerprint density at radius 1 is 0.375 bits per heavy atom. The summed E-state index contributed by atoms with van der Waals surface area (Å²) < 4.78 is 5.09. The van der Waals surface area contributed by atoms with E-state index in [2.05, 4.69) is 252 Å². The summed E-state index contributed by atoms with van der Waals surface area (Å²) in [6.45, 7) is 0. The maximum absolute atomic E-state index is 2.47. The predicted octanol–water partition coefficient (Wildman–Crippen LogP) is 16.7. The molecule has 0 spiro atoms. The summed E-state index contributed by atoms with van der Waals surface area (Å²) >= 11 is 1.88. The van der Waals surface area contributed by atoms with Gasteiger partial charge in [0.05, 0.1) is 32.5 Å². The van der Waals surface area contributed by atoms with Crippen molar-refractivity contribution in [2.75, 3.05) is 4.90 Å². The fraction of sp³-hybridized carbons (Fsp3) is 0.0164. The first-order chi connectivity index (χ1) is 31.8. The Kier molecular flexibility index (Phi) is 8.34. The number of hydrogen-bond acceptors (Lipinski definition) is 2. The van der Waals surface area contributed by atoms with E-state index in [-0.39, 0.29) is 0 Å². The largest absolute Gasteiger partial charge is 0.310 e. The highest BCUT2D eigenvalue weighted by atomic mass is 32.1. The number of rotatable bonds is 7. The summed E-state index contributed by atoms with van der Waals surface area (Å²) in [6, 6.07) is 89.5. The van der Waals surface area contributed by atoms with Crippen molar-refractivity contribution in [3.63, 3.8) is 0 Å². The van der Waals surface area contributed by atoms with E-state index in [0.717, 1.165) is 22.6 Å². The van der Waals surface area contributed by atoms with E-state index in [1.165, 1.54) is 86.6 Å². The fourth-order valence-electron chi connectivity index (χ4n) is 10.8. The van der Waals surface area contributed by atoms with Crippen molar-refractivity contribution in [3.05, 3.63) is 265 Å². The van der Waals surface area contributed by atoms with Crippen LogP contribution in [0.15, 0.2) is 243 Å². The zero-order valence-electron chi connectivity index (χ0n) is 34.9. The van der Waals surface area contributed by atoms with Crippen LogP contribution in [0.4, 0.5) is 17.1 Å². The minimum atomic E-state index is -0.508. The quantitative estimate of drug-likeness (QED) is 0.155. The molecule has 1 aliphatic carbocycles. The molecule has 12 aromatic rings. The lowest BCUT2D eigenvalue weighted by Gasteiger charge is -2.35. The molecule has 0 fully saturated rings. The second kappa shape index (κ2) is 14.6. The average molecular weight is 833 g/mol. The van der Waals surface area contributed by atoms with Crippen molar-refractivity contribution in [2.45, 2.75) is 5.41 Å². The van der Waals surface area contributed by atoms with Crippen molar-refractivity contribution < 1.29 is 0 Å². The molecular formula is C61H40N2S. The smallest absolute Gasteiger partial charge is 0.0714 e. The zero-order chi connectivity index (χ0) is 42.2. The van der Waals surface area contributed by atoms with Gasteiger partial charge in [0.1, 0.15) is 0 Å². The lowest BCUT2D eigenvalue weighted by atomic mass is 9.67. The van der Waals surface area contributed by atoms with Gasteiger partial charge < -0.3 is 9.47 Å². The van der Waals surface area contributed by atoms with Crippen molar-refractivity contribution in [3.8, 4) is 27.9 Å². The molecule has 10 aromatic carbocycles. The summed E-state index contributed by atoms with van der Waals surface area (Å²) in [5.41, 5.74) is 16.4. The molecule has 13 rings (SSSR count). The lowest BCUT2D eigenvalue weighted by molar-refractivity contribution is 0.768. The van der Waals surface area contributed by atoms with E-state index in [0.29, 0.717) is 0 Å². The van der Waals surface area contributed by atoms with Gasteiger partial charge in [-0.1, -0.05) is 182 Å². The first kappa shape index (κ1) is 36.7. The van der Waals surface area contributed by atoms with Gasteiger partial charge in [0.15, 0.2) is 0 Å². The molecule has 0 saturated heterocycles. The first-order valence-electron chi connectivity index (χ1n) is 22.0. The highest BCUT2D eigenvalue weighted by Crippen LogP contribution is 2.57. The number of fused-ring (bicyclic) bond motifs is 9. The van der Waals surface area contributed by atoms with Crippen LogP contribution in [-0.4, -0.2) is 4.57 Å². The number of benzene rings is 10. The highest BCUT2D eigenvalue weighted by molar-refractivity contribution is 7.26. The molecule has 0 aliphatic heterocycles. The van der Waals surface area contributed by atoms with Crippen molar-refractivity contribution in [1.29, 1.82) is 0 Å². The Morgan fingerprint density at radius 3 is 1.78 bits per heavy atom. The van der Waals surface area contributed by atoms with Crippen LogP contribution in [0.2, 0.25) is 0 Å². The number of para-hydroxylation sites is 3. The molecule has 3 heteroatoms. The summed E-state index contributed by atoms with van der Waals surface area (Å²) in [4.78, 5) is 2.45. The maximum Gasteiger partial charge on any atom is 0.0714 e. The van der Waals surface area contributed by atoms with Gasteiger partial charge in [0.25, 0.3) is 0 Å². The SMILES string of the molecule is c1ccc(N(c2ccc3c(c2)C(c2ccccc2)(c2ccccc2)c2ccccc2-3)c2ccccc2-c2ccc3c(c2)c2ccccc2n3-c2cccc3c2sc2ccccc23)cc1. The van der Waals surface area contributed by atoms with Crippen LogP contribution in [0.25, 0.3) is 69.9 Å². The fourth-order valence-corrected chi connectivity index (χ4v) is 12.0. The molecule has 0 saturated carbocycles. The Bertz CT molecular complexity index is 3690. The third kappa shape index (κ3) is 5.38. The Hall–Kier alpha value is -7.98. The Balaban J connectivity index is 1.02. The second-order valence-corrected chi connectivity index (χ2v) is 17.8. The van der Waals surface area contributed by atoms with Gasteiger partial charge >= 0.3 is 0 Å². The zero-order valence-corrected chi connectivity index (χ0v) is 35.7. The monoisotopic (exact) mass is 832 g/mol. The number of nitrogens with zero attached hydrogens (tertiary/aromatic N) is 2. The van der Waals surface area contributed by atoms with E-state index >= 15 is 0 Å². The van der Waals surface area contributed by atoms with E-state index in [9.17, 15) is 0 Å². The minimum absolute atomic E-state index is 0.508. The topological polar surface area (TPSA) is 8.17 Å². The van der Waals surface area contributed by atoms with Gasteiger partial charge in [-0.3, -0.25) is 0 Å². The van der Waals surface area contributed by atoms with E-state index in [1.54, 1.807) is 0 Å². The molecule has 0 amide bonds. The molecule has 2 aromatic heterocycles. The van der Waals surface area contributed by atoms with Crippen molar-refractivity contribution in [2.24, 2.45) is 0 Å². The minimum Gasteiger partial charge on any atom is -0.310 e. The molecule has 64 heavy (non-hydrogen) atoms. The van der Waals surface area contributed by atoms with Crippen LogP contribution in [0, 0.1) is 0 Å². The number of hydrogen-bond donors (Lipinski definition) is 0. The molecule has 2 heterocycles. The van der Waals surface area contributed by atoms with Gasteiger partial charge in [-0.25, -0.2) is 0 Å². The number of thiophene rings is 1. The van der Waals surface area contributed by atoms with Gasteiger partial charge in [0.2, 0.25) is 0 Å². The molecule has 0 unspecified atom stereocenters. The van der Waals surface area contributed by atoms with Crippen molar-refractivity contribution in [1.82, 2.24) is 4.57 Å². The summed E-state index contributed by atoms with van der Waals surface area (Å²) in [7, 11) is 0. The Labute approximate surface area is 376 Å². The van der Waals surface area contributed by atoms with Crippen LogP contribution in [-0.2, 0) is 5.41 Å². The third-order valence-corrected chi connectivity index (χ3v) is 14.7. The summed E-state index contributed by atoms with van der Waals surface area (Å²) in [6.07, 6.45) is 0. The molecule has 1 aliphatic rings. The van der Waals surface area contributed by atoms with Crippen LogP contribution in [0.1, 0.15) is 22.3 Å². The molecule has 0 bridgehead atoms. The van der Waals surface area contributed by atoms with Crippen LogP contribution in [0.5, 0.6) is 0 Å². The maximum atomic E-state index is 2.47. The molecule has 0 atom stereocenters. The average Bonchev–Trinajstić information content (AvgIpc) is 4.01. The predicted molar refractivity (Wildman–Crippen MR) is 271 cm³/mol. The van der Waals surface area contributed by atoms with Gasteiger partial charge in [-0.15, -0.1) is 11.3 Å². The number of aromatic nitrogens is 1. The molecule has 2 nitrogen and oxygen atoms in total. The molecular weight excluding hydrogens is 793 g/mol. The first-order valence-corrected chi connectivity index (χ1v) is 22.8. The van der Waals surface area contributed by atoms with Crippen LogP contribution >= 0.6 is 11.3 Å². The van der Waals surface area contributed by atoms with E-state index < -0.39 is 5.41 Å². The van der Waals surface area contributed by atoms with Gasteiger partial charge in [-0.05, 0) is 99.6 Å². The van der Waals surface area contributed by atoms with Crippen LogP contribution in [0.3, 0.4) is 0 Å². The highest BCUT2D eigenvalue weighted by Gasteiger charge is 2.46. The van der Waals surface area contributed by atoms with Gasteiger partial charge in [-0.2, -0.15) is 0 Å². The number of anilines is 3. The lowest BCUT2D eigenvalue weighted by Crippen LogP contribution is -2.28. The van der Waals surface area contributed by atoms with Crippen LogP contribution < -0.4 is 4.90 Å². The molecule has 300 valence electrons. The van der Waals surface area contributed by atoms with E-state index in [4.69, 9.17) is 0 Å². The third-order valence-electron chi connectivity index (χ3n) is 13.5. The van der Waals surface area contributed by atoms with Crippen molar-refractivity contribution >= 4 is 70.4 Å². The van der Waals surface area contributed by atoms with E-state index in [1.807, 2.05) is 11.3 Å². The normalized spacial score (nSPS) is 12.8. The second-order valence-electron chi connectivity index (χ2n) is 16.8.